The van der Waals surface area contributed by atoms with Gasteiger partial charge in [-0.1, -0.05) is 74.8 Å². The number of fused-ring (bicyclic) bond motifs is 2. The van der Waals surface area contributed by atoms with Gasteiger partial charge in [0.15, 0.2) is 12.4 Å². The number of aromatic amines is 1. The molecule has 0 aliphatic rings. The summed E-state index contributed by atoms with van der Waals surface area (Å²) in [4.78, 5) is 29.6. The predicted molar refractivity (Wildman–Crippen MR) is 140 cm³/mol. The maximum absolute atomic E-state index is 13.5. The first-order chi connectivity index (χ1) is 16.7. The highest BCUT2D eigenvalue weighted by molar-refractivity contribution is 6.31. The van der Waals surface area contributed by atoms with Crippen LogP contribution >= 0.6 is 11.6 Å². The SMILES string of the molecule is CC(C)(C)c1ccc(-c2oc3ccc(Cl)cc3c(=O)c2OCC(=O)c2c[nH]c3ccccc23)cc1. The summed E-state index contributed by atoms with van der Waals surface area (Å²) in [5.41, 5.74) is 3.18. The van der Waals surface area contributed by atoms with Gasteiger partial charge in [0.1, 0.15) is 5.58 Å². The first-order valence-electron chi connectivity index (χ1n) is 11.3. The van der Waals surface area contributed by atoms with Crippen molar-refractivity contribution < 1.29 is 13.9 Å². The smallest absolute Gasteiger partial charge is 0.235 e. The second-order valence-corrected chi connectivity index (χ2v) is 9.95. The molecule has 0 aliphatic carbocycles. The molecule has 0 aliphatic heterocycles. The molecule has 5 nitrogen and oxygen atoms in total. The van der Waals surface area contributed by atoms with E-state index in [0.717, 1.165) is 16.5 Å². The van der Waals surface area contributed by atoms with E-state index >= 15 is 0 Å². The Hall–Kier alpha value is -3.83. The molecule has 0 unspecified atom stereocenters. The fraction of sp³-hybridized carbons (Fsp3) is 0.172. The summed E-state index contributed by atoms with van der Waals surface area (Å²) in [6, 6.07) is 20.2. The highest BCUT2D eigenvalue weighted by atomic mass is 35.5. The molecule has 0 atom stereocenters. The lowest BCUT2D eigenvalue weighted by Gasteiger charge is -2.19. The first kappa shape index (κ1) is 22.9. The van der Waals surface area contributed by atoms with E-state index in [4.69, 9.17) is 20.8 Å². The summed E-state index contributed by atoms with van der Waals surface area (Å²) in [5.74, 6) is 0.00977. The van der Waals surface area contributed by atoms with Gasteiger partial charge in [0.25, 0.3) is 0 Å². The lowest BCUT2D eigenvalue weighted by Crippen LogP contribution is -2.17. The summed E-state index contributed by atoms with van der Waals surface area (Å²) in [6.45, 7) is 6.08. The molecule has 6 heteroatoms. The molecule has 176 valence electrons. The number of hydrogen-bond acceptors (Lipinski definition) is 4. The Morgan fingerprint density at radius 2 is 1.74 bits per heavy atom. The Morgan fingerprint density at radius 3 is 2.49 bits per heavy atom. The summed E-state index contributed by atoms with van der Waals surface area (Å²) in [6.07, 6.45) is 1.66. The molecule has 0 radical (unpaired) electrons. The van der Waals surface area contributed by atoms with E-state index in [0.29, 0.717) is 27.1 Å². The van der Waals surface area contributed by atoms with Crippen LogP contribution in [0.5, 0.6) is 5.75 Å². The largest absolute Gasteiger partial charge is 0.478 e. The van der Waals surface area contributed by atoms with E-state index < -0.39 is 0 Å². The number of carbonyl (C=O) groups excluding carboxylic acids is 1. The Balaban J connectivity index is 1.57. The number of ether oxygens (including phenoxy) is 1. The van der Waals surface area contributed by atoms with Crippen LogP contribution in [0, 0.1) is 0 Å². The number of carbonyl (C=O) groups is 1. The van der Waals surface area contributed by atoms with Crippen molar-refractivity contribution in [1.29, 1.82) is 0 Å². The normalized spacial score (nSPS) is 11.8. The Kier molecular flexibility index (Phi) is 5.73. The van der Waals surface area contributed by atoms with Gasteiger partial charge in [0.2, 0.25) is 17.0 Å². The highest BCUT2D eigenvalue weighted by Gasteiger charge is 2.21. The summed E-state index contributed by atoms with van der Waals surface area (Å²) in [5, 5.41) is 1.51. The molecule has 1 N–H and O–H groups in total. The van der Waals surface area contributed by atoms with Gasteiger partial charge in [-0.05, 0) is 35.2 Å². The average molecular weight is 486 g/mol. The van der Waals surface area contributed by atoms with Gasteiger partial charge < -0.3 is 14.1 Å². The van der Waals surface area contributed by atoms with Crippen LogP contribution in [0.2, 0.25) is 5.02 Å². The number of benzene rings is 3. The zero-order valence-corrected chi connectivity index (χ0v) is 20.4. The Labute approximate surface area is 207 Å². The van der Waals surface area contributed by atoms with E-state index in [2.05, 4.69) is 25.8 Å². The number of nitrogens with one attached hydrogen (secondary N) is 1. The van der Waals surface area contributed by atoms with Gasteiger partial charge in [-0.25, -0.2) is 0 Å². The van der Waals surface area contributed by atoms with Crippen LogP contribution in [0.1, 0.15) is 36.7 Å². The zero-order valence-electron chi connectivity index (χ0n) is 19.6. The summed E-state index contributed by atoms with van der Waals surface area (Å²) in [7, 11) is 0. The first-order valence-corrected chi connectivity index (χ1v) is 11.7. The van der Waals surface area contributed by atoms with Crippen LogP contribution in [-0.4, -0.2) is 17.4 Å². The summed E-state index contributed by atoms with van der Waals surface area (Å²) >= 11 is 6.13. The van der Waals surface area contributed by atoms with Crippen LogP contribution in [-0.2, 0) is 5.41 Å². The molecule has 0 bridgehead atoms. The van der Waals surface area contributed by atoms with Gasteiger partial charge in [-0.3, -0.25) is 9.59 Å². The van der Waals surface area contributed by atoms with Crippen molar-refractivity contribution >= 4 is 39.3 Å². The summed E-state index contributed by atoms with van der Waals surface area (Å²) < 4.78 is 12.0. The van der Waals surface area contributed by atoms with Gasteiger partial charge in [-0.15, -0.1) is 0 Å². The van der Waals surface area contributed by atoms with E-state index in [-0.39, 0.29) is 34.7 Å². The molecule has 3 aromatic carbocycles. The minimum Gasteiger partial charge on any atom is -0.478 e. The quantitative estimate of drug-likeness (QED) is 0.268. The lowest BCUT2D eigenvalue weighted by molar-refractivity contribution is 0.0922. The molecule has 5 aromatic rings. The number of para-hydroxylation sites is 1. The molecular formula is C29H24ClNO4. The number of rotatable bonds is 5. The maximum Gasteiger partial charge on any atom is 0.235 e. The van der Waals surface area contributed by atoms with Crippen molar-refractivity contribution in [3.05, 3.63) is 99.3 Å². The van der Waals surface area contributed by atoms with E-state index in [1.165, 1.54) is 0 Å². The highest BCUT2D eigenvalue weighted by Crippen LogP contribution is 2.33. The fourth-order valence-electron chi connectivity index (χ4n) is 4.11. The van der Waals surface area contributed by atoms with Crippen molar-refractivity contribution in [2.24, 2.45) is 0 Å². The number of H-pyrrole nitrogens is 1. The van der Waals surface area contributed by atoms with Gasteiger partial charge >= 0.3 is 0 Å². The minimum absolute atomic E-state index is 0.0172. The maximum atomic E-state index is 13.5. The molecule has 0 saturated carbocycles. The molecule has 35 heavy (non-hydrogen) atoms. The average Bonchev–Trinajstić information content (AvgIpc) is 3.27. The van der Waals surface area contributed by atoms with Crippen LogP contribution in [0.4, 0.5) is 0 Å². The van der Waals surface area contributed by atoms with Crippen molar-refractivity contribution in [3.8, 4) is 17.1 Å². The molecule has 0 saturated heterocycles. The standard InChI is InChI=1S/C29H24ClNO4/c1-29(2,3)18-10-8-17(9-11-18)27-28(26(33)21-14-19(30)12-13-25(21)35-27)34-16-24(32)22-15-31-23-7-5-4-6-20(22)23/h4-15,31H,16H2,1-3H3. The van der Waals surface area contributed by atoms with Gasteiger partial charge in [0.05, 0.1) is 5.39 Å². The number of hydrogen-bond donors (Lipinski definition) is 1. The van der Waals surface area contributed by atoms with Crippen LogP contribution in [0.15, 0.2) is 82.1 Å². The van der Waals surface area contributed by atoms with Crippen molar-refractivity contribution in [3.63, 3.8) is 0 Å². The third-order valence-electron chi connectivity index (χ3n) is 6.06. The molecule has 5 rings (SSSR count). The molecule has 0 fully saturated rings. The fourth-order valence-corrected chi connectivity index (χ4v) is 4.28. The van der Waals surface area contributed by atoms with Crippen molar-refractivity contribution in [1.82, 2.24) is 4.98 Å². The van der Waals surface area contributed by atoms with Crippen LogP contribution in [0.25, 0.3) is 33.2 Å². The molecule has 2 aromatic heterocycles. The zero-order chi connectivity index (χ0) is 24.7. The van der Waals surface area contributed by atoms with Gasteiger partial charge in [0, 0.05) is 33.2 Å². The van der Waals surface area contributed by atoms with E-state index in [9.17, 15) is 9.59 Å². The number of ketones is 1. The van der Waals surface area contributed by atoms with Crippen LogP contribution in [0.3, 0.4) is 0 Å². The lowest BCUT2D eigenvalue weighted by atomic mass is 9.86. The second kappa shape index (κ2) is 8.75. The Morgan fingerprint density at radius 1 is 1.00 bits per heavy atom. The second-order valence-electron chi connectivity index (χ2n) is 9.52. The number of aromatic nitrogens is 1. The van der Waals surface area contributed by atoms with Gasteiger partial charge in [-0.2, -0.15) is 0 Å². The molecule has 0 amide bonds. The molecule has 0 spiro atoms. The van der Waals surface area contributed by atoms with Crippen LogP contribution < -0.4 is 10.2 Å². The Bertz CT molecular complexity index is 1620. The number of halogens is 1. The predicted octanol–water partition coefficient (Wildman–Crippen LogP) is 7.15. The third-order valence-corrected chi connectivity index (χ3v) is 6.30. The monoisotopic (exact) mass is 485 g/mol. The third kappa shape index (κ3) is 4.35. The van der Waals surface area contributed by atoms with Crippen molar-refractivity contribution in [2.45, 2.75) is 26.2 Å². The van der Waals surface area contributed by atoms with E-state index in [1.54, 1.807) is 24.4 Å². The molecular weight excluding hydrogens is 462 g/mol. The van der Waals surface area contributed by atoms with Crippen molar-refractivity contribution in [2.75, 3.05) is 6.61 Å². The minimum atomic E-state index is -0.379. The number of Topliss-reactive ketones (excluding diaryl/α,β-unsaturated/α-hetero) is 1. The van der Waals surface area contributed by atoms with E-state index in [1.807, 2.05) is 48.5 Å². The topological polar surface area (TPSA) is 72.3 Å². The molecule has 2 heterocycles.